The van der Waals surface area contributed by atoms with Crippen LogP contribution in [0.1, 0.15) is 77.5 Å². The van der Waals surface area contributed by atoms with Crippen molar-refractivity contribution in [3.05, 3.63) is 47.0 Å². The molecule has 1 aliphatic heterocycles. The average molecular weight is 600 g/mol. The minimum atomic E-state index is -0.310. The van der Waals surface area contributed by atoms with Crippen molar-refractivity contribution in [3.8, 4) is 0 Å². The molecule has 2 aromatic rings. The Labute approximate surface area is 199 Å². The molecule has 0 saturated carbocycles. The molecule has 0 bridgehead atoms. The number of benzene rings is 1. The molecule has 0 unspecified atom stereocenters. The molecule has 1 aromatic carbocycles. The summed E-state index contributed by atoms with van der Waals surface area (Å²) in [7, 11) is -0.296. The molecule has 0 atom stereocenters. The first kappa shape index (κ1) is 24.0. The quantitative estimate of drug-likeness (QED) is 0.448. The van der Waals surface area contributed by atoms with Crippen LogP contribution in [0.3, 0.4) is 0 Å². The second kappa shape index (κ2) is 8.70. The van der Waals surface area contributed by atoms with E-state index in [1.807, 2.05) is 0 Å². The average Bonchev–Trinajstić information content (AvgIpc) is 3.07. The van der Waals surface area contributed by atoms with Gasteiger partial charge in [-0.1, -0.05) is 0 Å². The molecule has 6 heteroatoms. The van der Waals surface area contributed by atoms with E-state index < -0.39 is 0 Å². The van der Waals surface area contributed by atoms with Crippen molar-refractivity contribution >= 4 is 38.6 Å². The van der Waals surface area contributed by atoms with Crippen molar-refractivity contribution in [2.24, 2.45) is 5.41 Å². The van der Waals surface area contributed by atoms with E-state index in [4.69, 9.17) is 14.3 Å². The van der Waals surface area contributed by atoms with Crippen LogP contribution in [-0.4, -0.2) is 51.7 Å². The SMILES string of the molecule is CCC(C)(C)Cc1c[n]([Tl])c(CCc2ccc(B3OC(C)(C)C(C)(C)O3)c(C)c2)n1. The molecular weight excluding hydrogens is 563 g/mol. The van der Waals surface area contributed by atoms with E-state index in [1.54, 1.807) is 0 Å². The van der Waals surface area contributed by atoms with Crippen molar-refractivity contribution in [1.29, 1.82) is 0 Å². The minimum absolute atomic E-state index is 0.296. The summed E-state index contributed by atoms with van der Waals surface area (Å²) in [6, 6.07) is 6.68. The van der Waals surface area contributed by atoms with Gasteiger partial charge in [-0.05, 0) is 0 Å². The molecule has 1 aromatic heterocycles. The molecule has 160 valence electrons. The number of hydrogen-bond donors (Lipinski definition) is 0. The van der Waals surface area contributed by atoms with Gasteiger partial charge in [-0.2, -0.15) is 0 Å². The third kappa shape index (κ3) is 5.21. The molecule has 0 aliphatic carbocycles. The zero-order valence-electron chi connectivity index (χ0n) is 20.0. The van der Waals surface area contributed by atoms with Gasteiger partial charge in [-0.3, -0.25) is 0 Å². The molecule has 2 heterocycles. The van der Waals surface area contributed by atoms with Gasteiger partial charge in [0.1, 0.15) is 0 Å². The van der Waals surface area contributed by atoms with Crippen LogP contribution in [0.25, 0.3) is 0 Å². The molecule has 4 nitrogen and oxygen atoms in total. The molecule has 3 rings (SSSR count). The summed E-state index contributed by atoms with van der Waals surface area (Å²) in [4.78, 5) is 4.96. The standard InChI is InChI=1S/C24H36BN2O2.Tl/c1-9-22(3,4)15-19-16-26-21(27-19)13-11-18-10-12-20(17(2)14-18)25-28-23(5,6)24(7,8)29-25;/h10,12,14,16H,9,11,13,15H2,1-8H3;/q-1;+1. The van der Waals surface area contributed by atoms with Gasteiger partial charge in [0.05, 0.1) is 0 Å². The number of hydrogen-bond acceptors (Lipinski definition) is 3. The fourth-order valence-electron chi connectivity index (χ4n) is 3.76. The van der Waals surface area contributed by atoms with Crippen LogP contribution < -0.4 is 5.46 Å². The maximum absolute atomic E-state index is 6.24. The molecule has 1 saturated heterocycles. The molecule has 0 N–H and O–H groups in total. The zero-order chi connectivity index (χ0) is 22.3. The van der Waals surface area contributed by atoms with E-state index in [2.05, 4.69) is 82.2 Å². The van der Waals surface area contributed by atoms with E-state index in [1.165, 1.54) is 29.1 Å². The fraction of sp³-hybridized carbons (Fsp3) is 0.625. The van der Waals surface area contributed by atoms with Crippen LogP contribution in [-0.2, 0) is 28.6 Å². The molecule has 0 radical (unpaired) electrons. The number of rotatable bonds is 7. The van der Waals surface area contributed by atoms with Crippen molar-refractivity contribution in [2.75, 3.05) is 0 Å². The normalized spacial score (nSPS) is 18.2. The monoisotopic (exact) mass is 600 g/mol. The van der Waals surface area contributed by atoms with Crippen LogP contribution >= 0.6 is 0 Å². The van der Waals surface area contributed by atoms with Gasteiger partial charge in [0.15, 0.2) is 0 Å². The summed E-state index contributed by atoms with van der Waals surface area (Å²) in [5, 5.41) is 0. The van der Waals surface area contributed by atoms with Gasteiger partial charge in [0.25, 0.3) is 0 Å². The van der Waals surface area contributed by atoms with E-state index in [0.717, 1.165) is 50.8 Å². The van der Waals surface area contributed by atoms with Crippen LogP contribution in [0.15, 0.2) is 24.4 Å². The van der Waals surface area contributed by atoms with Crippen molar-refractivity contribution < 1.29 is 9.31 Å². The first-order chi connectivity index (χ1) is 13.8. The maximum atomic E-state index is 6.24. The predicted molar refractivity (Wildman–Crippen MR) is 125 cm³/mol. The summed E-state index contributed by atoms with van der Waals surface area (Å²) in [6.07, 6.45) is 6.48. The van der Waals surface area contributed by atoms with E-state index in [0.29, 0.717) is 5.41 Å². The number of imidazole rings is 1. The van der Waals surface area contributed by atoms with E-state index >= 15 is 0 Å². The van der Waals surface area contributed by atoms with Gasteiger partial charge < -0.3 is 0 Å². The number of aryl methyl sites for hydroxylation is 3. The predicted octanol–water partition coefficient (Wildman–Crippen LogP) is 4.19. The molecule has 1 fully saturated rings. The molecule has 1 aliphatic rings. The van der Waals surface area contributed by atoms with Crippen LogP contribution in [0.5, 0.6) is 0 Å². The Bertz CT molecular complexity index is 889. The third-order valence-corrected chi connectivity index (χ3v) is 8.69. The molecule has 0 amide bonds. The summed E-state index contributed by atoms with van der Waals surface area (Å²) >= 11 is 0.753. The van der Waals surface area contributed by atoms with Gasteiger partial charge in [0.2, 0.25) is 0 Å². The second-order valence-corrected chi connectivity index (χ2v) is 12.7. The van der Waals surface area contributed by atoms with Crippen molar-refractivity contribution in [2.45, 2.75) is 92.3 Å². The Hall–Kier alpha value is -0.663. The van der Waals surface area contributed by atoms with Crippen LogP contribution in [0, 0.1) is 12.3 Å². The summed E-state index contributed by atoms with van der Waals surface area (Å²) in [6.45, 7) is 17.5. The van der Waals surface area contributed by atoms with Crippen molar-refractivity contribution in [3.63, 3.8) is 0 Å². The topological polar surface area (TPSA) is 36.3 Å². The van der Waals surface area contributed by atoms with Crippen LogP contribution in [0.4, 0.5) is 0 Å². The van der Waals surface area contributed by atoms with Gasteiger partial charge in [-0.15, -0.1) is 0 Å². The van der Waals surface area contributed by atoms with Gasteiger partial charge in [0, 0.05) is 0 Å². The Morgan fingerprint density at radius 1 is 1.10 bits per heavy atom. The Morgan fingerprint density at radius 3 is 2.30 bits per heavy atom. The van der Waals surface area contributed by atoms with E-state index in [-0.39, 0.29) is 18.3 Å². The Morgan fingerprint density at radius 2 is 1.73 bits per heavy atom. The first-order valence-electron chi connectivity index (χ1n) is 11.1. The summed E-state index contributed by atoms with van der Waals surface area (Å²) < 4.78 is 14.8. The third-order valence-electron chi connectivity index (χ3n) is 6.95. The fourth-order valence-corrected chi connectivity index (χ4v) is 5.15. The van der Waals surface area contributed by atoms with Gasteiger partial charge in [-0.25, -0.2) is 0 Å². The number of aromatic nitrogens is 2. The second-order valence-electron chi connectivity index (χ2n) is 10.5. The van der Waals surface area contributed by atoms with E-state index in [9.17, 15) is 0 Å². The van der Waals surface area contributed by atoms with Gasteiger partial charge >= 0.3 is 200 Å². The Balaban J connectivity index is 1.67. The zero-order valence-corrected chi connectivity index (χ0v) is 24.5. The summed E-state index contributed by atoms with van der Waals surface area (Å²) in [5.41, 5.74) is 4.64. The van der Waals surface area contributed by atoms with Crippen molar-refractivity contribution in [1.82, 2.24) is 7.36 Å². The Kier molecular flexibility index (Phi) is 6.96. The van der Waals surface area contributed by atoms with Crippen LogP contribution in [0.2, 0.25) is 0 Å². The molecule has 30 heavy (non-hydrogen) atoms. The first-order valence-corrected chi connectivity index (χ1v) is 13.1. The summed E-state index contributed by atoms with van der Waals surface area (Å²) in [5.74, 6) is 1.23. The number of nitrogens with zero attached hydrogens (tertiary/aromatic N) is 2. The molecular formula is C24H36BN2O2Tl. The molecule has 0 spiro atoms.